The SMILES string of the molecule is O=C(O)C1CCN1C(=O)c1[nH]c2ccc(Cl)cc2c1-c1ccccc1. The molecule has 0 saturated carbocycles. The number of carboxylic acids is 1. The lowest BCUT2D eigenvalue weighted by Gasteiger charge is -2.37. The van der Waals surface area contributed by atoms with Crippen molar-refractivity contribution in [3.05, 3.63) is 59.2 Å². The van der Waals surface area contributed by atoms with Crippen LogP contribution in [0.5, 0.6) is 0 Å². The van der Waals surface area contributed by atoms with Crippen molar-refractivity contribution in [2.75, 3.05) is 6.54 Å². The average molecular weight is 355 g/mol. The molecule has 1 aromatic heterocycles. The fraction of sp³-hybridized carbons (Fsp3) is 0.158. The van der Waals surface area contributed by atoms with E-state index in [2.05, 4.69) is 4.98 Å². The Hall–Kier alpha value is -2.79. The van der Waals surface area contributed by atoms with E-state index < -0.39 is 12.0 Å². The predicted octanol–water partition coefficient (Wildman–Crippen LogP) is 3.79. The van der Waals surface area contributed by atoms with E-state index in [0.29, 0.717) is 23.7 Å². The first-order valence-electron chi connectivity index (χ1n) is 7.96. The van der Waals surface area contributed by atoms with Crippen LogP contribution in [-0.2, 0) is 4.79 Å². The number of fused-ring (bicyclic) bond motifs is 1. The normalized spacial score (nSPS) is 16.7. The minimum absolute atomic E-state index is 0.301. The van der Waals surface area contributed by atoms with Gasteiger partial charge in [-0.25, -0.2) is 4.79 Å². The molecule has 1 amide bonds. The highest BCUT2D eigenvalue weighted by atomic mass is 35.5. The Kier molecular flexibility index (Phi) is 3.73. The molecule has 3 aromatic rings. The number of nitrogens with zero attached hydrogens (tertiary/aromatic N) is 1. The third-order valence-electron chi connectivity index (χ3n) is 4.60. The minimum atomic E-state index is -0.972. The van der Waals surface area contributed by atoms with Crippen molar-refractivity contribution in [3.63, 3.8) is 0 Å². The van der Waals surface area contributed by atoms with E-state index in [-0.39, 0.29) is 5.91 Å². The van der Waals surface area contributed by atoms with Crippen molar-refractivity contribution >= 4 is 34.4 Å². The van der Waals surface area contributed by atoms with Gasteiger partial charge in [-0.3, -0.25) is 4.79 Å². The molecule has 1 aliphatic rings. The first-order chi connectivity index (χ1) is 12.1. The molecule has 1 unspecified atom stereocenters. The van der Waals surface area contributed by atoms with Gasteiger partial charge in [-0.15, -0.1) is 0 Å². The molecule has 0 bridgehead atoms. The van der Waals surface area contributed by atoms with Crippen LogP contribution in [0.3, 0.4) is 0 Å². The molecule has 0 spiro atoms. The number of benzene rings is 2. The van der Waals surface area contributed by atoms with Crippen LogP contribution >= 0.6 is 11.6 Å². The van der Waals surface area contributed by atoms with Crippen LogP contribution in [0.2, 0.25) is 5.02 Å². The smallest absolute Gasteiger partial charge is 0.326 e. The molecular formula is C19H15ClN2O3. The highest BCUT2D eigenvalue weighted by Gasteiger charge is 2.39. The number of aromatic nitrogens is 1. The predicted molar refractivity (Wildman–Crippen MR) is 95.8 cm³/mol. The topological polar surface area (TPSA) is 73.4 Å². The third-order valence-corrected chi connectivity index (χ3v) is 4.84. The molecule has 25 heavy (non-hydrogen) atoms. The second kappa shape index (κ2) is 5.93. The van der Waals surface area contributed by atoms with Crippen LogP contribution in [0.1, 0.15) is 16.9 Å². The minimum Gasteiger partial charge on any atom is -0.480 e. The first-order valence-corrected chi connectivity index (χ1v) is 8.34. The summed E-state index contributed by atoms with van der Waals surface area (Å²) in [7, 11) is 0. The monoisotopic (exact) mass is 354 g/mol. The van der Waals surface area contributed by atoms with E-state index in [9.17, 15) is 14.7 Å². The quantitative estimate of drug-likeness (QED) is 0.751. The number of halogens is 1. The maximum absolute atomic E-state index is 13.0. The van der Waals surface area contributed by atoms with E-state index in [4.69, 9.17) is 11.6 Å². The molecule has 2 N–H and O–H groups in total. The molecule has 1 atom stereocenters. The van der Waals surface area contributed by atoms with Gasteiger partial charge in [0, 0.05) is 28.0 Å². The molecule has 4 rings (SSSR count). The van der Waals surface area contributed by atoms with Crippen LogP contribution in [0.4, 0.5) is 0 Å². The van der Waals surface area contributed by atoms with Crippen LogP contribution in [0.25, 0.3) is 22.0 Å². The van der Waals surface area contributed by atoms with Gasteiger partial charge in [-0.1, -0.05) is 41.9 Å². The van der Waals surface area contributed by atoms with Crippen molar-refractivity contribution in [1.82, 2.24) is 9.88 Å². The number of amides is 1. The lowest BCUT2D eigenvalue weighted by molar-refractivity contribution is -0.146. The van der Waals surface area contributed by atoms with Gasteiger partial charge < -0.3 is 15.0 Å². The number of carboxylic acid groups (broad SMARTS) is 1. The molecule has 6 heteroatoms. The van der Waals surface area contributed by atoms with Crippen LogP contribution in [-0.4, -0.2) is 39.5 Å². The summed E-state index contributed by atoms with van der Waals surface area (Å²) < 4.78 is 0. The number of aliphatic carboxylic acids is 1. The lowest BCUT2D eigenvalue weighted by atomic mass is 9.98. The zero-order valence-corrected chi connectivity index (χ0v) is 14.0. The summed E-state index contributed by atoms with van der Waals surface area (Å²) in [5.74, 6) is -1.27. The Morgan fingerprint density at radius 2 is 1.92 bits per heavy atom. The number of H-pyrrole nitrogens is 1. The molecule has 1 saturated heterocycles. The summed E-state index contributed by atoms with van der Waals surface area (Å²) in [4.78, 5) is 28.8. The summed E-state index contributed by atoms with van der Waals surface area (Å²) in [5, 5.41) is 10.7. The molecular weight excluding hydrogens is 340 g/mol. The van der Waals surface area contributed by atoms with Crippen molar-refractivity contribution in [1.29, 1.82) is 0 Å². The lowest BCUT2D eigenvalue weighted by Crippen LogP contribution is -2.55. The largest absolute Gasteiger partial charge is 0.480 e. The molecule has 0 radical (unpaired) electrons. The van der Waals surface area contributed by atoms with Crippen molar-refractivity contribution in [2.45, 2.75) is 12.5 Å². The van der Waals surface area contributed by atoms with E-state index >= 15 is 0 Å². The van der Waals surface area contributed by atoms with Crippen molar-refractivity contribution < 1.29 is 14.7 Å². The van der Waals surface area contributed by atoms with E-state index in [1.165, 1.54) is 4.90 Å². The summed E-state index contributed by atoms with van der Waals surface area (Å²) in [6, 6.07) is 14.2. The highest BCUT2D eigenvalue weighted by Crippen LogP contribution is 2.35. The number of carbonyl (C=O) groups is 2. The molecule has 126 valence electrons. The second-order valence-corrected chi connectivity index (χ2v) is 6.51. The van der Waals surface area contributed by atoms with Crippen molar-refractivity contribution in [2.24, 2.45) is 0 Å². The fourth-order valence-electron chi connectivity index (χ4n) is 3.26. The van der Waals surface area contributed by atoms with E-state index in [1.54, 1.807) is 6.07 Å². The molecule has 5 nitrogen and oxygen atoms in total. The number of rotatable bonds is 3. The number of nitrogens with one attached hydrogen (secondary N) is 1. The van der Waals surface area contributed by atoms with Gasteiger partial charge in [-0.2, -0.15) is 0 Å². The molecule has 1 aliphatic heterocycles. The number of likely N-dealkylation sites (tertiary alicyclic amines) is 1. The van der Waals surface area contributed by atoms with Gasteiger partial charge >= 0.3 is 5.97 Å². The van der Waals surface area contributed by atoms with E-state index in [1.807, 2.05) is 42.5 Å². The van der Waals surface area contributed by atoms with Crippen LogP contribution in [0.15, 0.2) is 48.5 Å². The maximum atomic E-state index is 13.0. The average Bonchev–Trinajstić information content (AvgIpc) is 2.92. The Labute approximate surface area is 148 Å². The molecule has 2 aromatic carbocycles. The fourth-order valence-corrected chi connectivity index (χ4v) is 3.43. The summed E-state index contributed by atoms with van der Waals surface area (Å²) in [6.07, 6.45) is 0.480. The summed E-state index contributed by atoms with van der Waals surface area (Å²) >= 11 is 6.15. The summed E-state index contributed by atoms with van der Waals surface area (Å²) in [6.45, 7) is 0.445. The number of carbonyl (C=O) groups excluding carboxylic acids is 1. The standard InChI is InChI=1S/C19H15ClN2O3/c20-12-6-7-14-13(10-12)16(11-4-2-1-3-5-11)17(21-14)18(23)22-9-8-15(22)19(24)25/h1-7,10,15,21H,8-9H2,(H,24,25). The molecule has 1 fully saturated rings. The van der Waals surface area contributed by atoms with Gasteiger partial charge in [-0.05, 0) is 30.2 Å². The highest BCUT2D eigenvalue weighted by molar-refractivity contribution is 6.31. The molecule has 2 heterocycles. The van der Waals surface area contributed by atoms with E-state index in [0.717, 1.165) is 22.0 Å². The first kappa shape index (κ1) is 15.7. The van der Waals surface area contributed by atoms with Crippen LogP contribution < -0.4 is 0 Å². The van der Waals surface area contributed by atoms with Gasteiger partial charge in [0.2, 0.25) is 0 Å². The Bertz CT molecular complexity index is 981. The van der Waals surface area contributed by atoms with Gasteiger partial charge in [0.15, 0.2) is 0 Å². The Balaban J connectivity index is 1.89. The van der Waals surface area contributed by atoms with Gasteiger partial charge in [0.05, 0.1) is 0 Å². The van der Waals surface area contributed by atoms with Crippen molar-refractivity contribution in [3.8, 4) is 11.1 Å². The number of hydrogen-bond acceptors (Lipinski definition) is 2. The zero-order valence-electron chi connectivity index (χ0n) is 13.2. The maximum Gasteiger partial charge on any atom is 0.326 e. The molecule has 0 aliphatic carbocycles. The van der Waals surface area contributed by atoms with Gasteiger partial charge in [0.25, 0.3) is 5.91 Å². The van der Waals surface area contributed by atoms with Crippen LogP contribution in [0, 0.1) is 0 Å². The number of hydrogen-bond donors (Lipinski definition) is 2. The zero-order chi connectivity index (χ0) is 17.6. The Morgan fingerprint density at radius 3 is 2.56 bits per heavy atom. The Morgan fingerprint density at radius 1 is 1.16 bits per heavy atom. The van der Waals surface area contributed by atoms with Gasteiger partial charge in [0.1, 0.15) is 11.7 Å². The second-order valence-electron chi connectivity index (χ2n) is 6.07. The summed E-state index contributed by atoms with van der Waals surface area (Å²) in [5.41, 5.74) is 2.82. The third kappa shape index (κ3) is 2.57. The number of aromatic amines is 1.